The van der Waals surface area contributed by atoms with E-state index < -0.39 is 11.8 Å². The van der Waals surface area contributed by atoms with Gasteiger partial charge in [0, 0.05) is 0 Å². The molecule has 1 aromatic heterocycles. The number of furan rings is 1. The molecule has 2 N–H and O–H groups in total. The number of carbonyl (C=O) groups excluding carboxylic acids is 2. The molecule has 0 atom stereocenters. The monoisotopic (exact) mass is 316 g/mol. The van der Waals surface area contributed by atoms with Gasteiger partial charge in [0.1, 0.15) is 11.5 Å². The Morgan fingerprint density at radius 1 is 1.13 bits per heavy atom. The third-order valence-electron chi connectivity index (χ3n) is 3.34. The Morgan fingerprint density at radius 2 is 1.83 bits per heavy atom. The molecule has 1 aromatic carbocycles. The second kappa shape index (κ2) is 7.49. The topological polar surface area (TPSA) is 80.6 Å². The van der Waals surface area contributed by atoms with Crippen LogP contribution < -0.4 is 15.6 Å². The van der Waals surface area contributed by atoms with Crippen molar-refractivity contribution in [3.05, 3.63) is 53.5 Å². The Labute approximate surface area is 134 Å². The summed E-state index contributed by atoms with van der Waals surface area (Å²) in [5.41, 5.74) is 6.17. The molecule has 0 saturated carbocycles. The minimum atomic E-state index is -0.451. The van der Waals surface area contributed by atoms with Gasteiger partial charge in [-0.1, -0.05) is 26.0 Å². The maximum Gasteiger partial charge on any atom is 0.276 e. The minimum Gasteiger partial charge on any atom is -0.484 e. The van der Waals surface area contributed by atoms with Gasteiger partial charge in [0.25, 0.3) is 11.8 Å². The summed E-state index contributed by atoms with van der Waals surface area (Å²) in [7, 11) is 0. The molecule has 0 radical (unpaired) electrons. The molecule has 122 valence electrons. The number of nitrogens with one attached hydrogen (secondary N) is 2. The molecule has 6 nitrogen and oxygen atoms in total. The van der Waals surface area contributed by atoms with Gasteiger partial charge in [-0.3, -0.25) is 20.4 Å². The molecule has 23 heavy (non-hydrogen) atoms. The van der Waals surface area contributed by atoms with Crippen molar-refractivity contribution in [2.24, 2.45) is 0 Å². The lowest BCUT2D eigenvalue weighted by Crippen LogP contribution is -2.43. The normalized spacial score (nSPS) is 10.4. The van der Waals surface area contributed by atoms with Crippen LogP contribution in [0.25, 0.3) is 0 Å². The lowest BCUT2D eigenvalue weighted by Gasteiger charge is -2.10. The number of amides is 2. The van der Waals surface area contributed by atoms with E-state index in [0.717, 1.165) is 0 Å². The Hall–Kier alpha value is -2.76. The molecular formula is C17H20N2O4. The van der Waals surface area contributed by atoms with Gasteiger partial charge in [0.15, 0.2) is 6.61 Å². The van der Waals surface area contributed by atoms with Gasteiger partial charge in [-0.15, -0.1) is 0 Å². The zero-order chi connectivity index (χ0) is 16.8. The smallest absolute Gasteiger partial charge is 0.276 e. The summed E-state index contributed by atoms with van der Waals surface area (Å²) in [6.45, 7) is 5.69. The quantitative estimate of drug-likeness (QED) is 0.831. The fourth-order valence-corrected chi connectivity index (χ4v) is 1.95. The highest BCUT2D eigenvalue weighted by Gasteiger charge is 2.12. The molecule has 0 spiro atoms. The van der Waals surface area contributed by atoms with Crippen LogP contribution >= 0.6 is 0 Å². The first-order chi connectivity index (χ1) is 11.0. The number of benzene rings is 1. The second-order valence-electron chi connectivity index (χ2n) is 5.41. The average molecular weight is 316 g/mol. The fourth-order valence-electron chi connectivity index (χ4n) is 1.95. The van der Waals surface area contributed by atoms with Gasteiger partial charge >= 0.3 is 0 Å². The molecule has 0 aliphatic carbocycles. The Balaban J connectivity index is 1.77. The van der Waals surface area contributed by atoms with Crippen LogP contribution in [0.15, 0.2) is 41.0 Å². The molecule has 2 aromatic rings. The lowest BCUT2D eigenvalue weighted by atomic mass is 10.0. The van der Waals surface area contributed by atoms with E-state index in [-0.39, 0.29) is 6.61 Å². The summed E-state index contributed by atoms with van der Waals surface area (Å²) in [6.07, 6.45) is 1.41. The van der Waals surface area contributed by atoms with Gasteiger partial charge in [-0.05, 0) is 36.6 Å². The molecule has 0 aliphatic rings. The van der Waals surface area contributed by atoms with Crippen molar-refractivity contribution in [1.29, 1.82) is 0 Å². The number of hydrazine groups is 1. The third kappa shape index (κ3) is 4.60. The lowest BCUT2D eigenvalue weighted by molar-refractivity contribution is -0.123. The summed E-state index contributed by atoms with van der Waals surface area (Å²) in [5, 5.41) is 0. The molecule has 0 aliphatic heterocycles. The van der Waals surface area contributed by atoms with E-state index in [9.17, 15) is 9.59 Å². The number of hydrogen-bond acceptors (Lipinski definition) is 4. The number of carbonyl (C=O) groups is 2. The van der Waals surface area contributed by atoms with E-state index in [1.54, 1.807) is 6.92 Å². The van der Waals surface area contributed by atoms with Crippen molar-refractivity contribution in [3.8, 4) is 5.75 Å². The Kier molecular flexibility index (Phi) is 5.41. The highest BCUT2D eigenvalue weighted by Crippen LogP contribution is 2.18. The summed E-state index contributed by atoms with van der Waals surface area (Å²) < 4.78 is 10.4. The van der Waals surface area contributed by atoms with Gasteiger partial charge in [-0.2, -0.15) is 0 Å². The number of ether oxygens (including phenoxy) is 1. The van der Waals surface area contributed by atoms with Crippen molar-refractivity contribution < 1.29 is 18.7 Å². The summed E-state index contributed by atoms with van der Waals surface area (Å²) >= 11 is 0. The van der Waals surface area contributed by atoms with E-state index in [1.165, 1.54) is 17.9 Å². The van der Waals surface area contributed by atoms with Crippen molar-refractivity contribution in [1.82, 2.24) is 10.9 Å². The van der Waals surface area contributed by atoms with Crippen LogP contribution in [-0.4, -0.2) is 18.4 Å². The molecule has 0 saturated heterocycles. The van der Waals surface area contributed by atoms with Crippen LogP contribution in [-0.2, 0) is 4.79 Å². The van der Waals surface area contributed by atoms with Gasteiger partial charge in [-0.25, -0.2) is 0 Å². The van der Waals surface area contributed by atoms with Crippen LogP contribution in [0, 0.1) is 6.92 Å². The number of hydrogen-bond donors (Lipinski definition) is 2. The predicted molar refractivity (Wildman–Crippen MR) is 85.1 cm³/mol. The minimum absolute atomic E-state index is 0.189. The molecule has 0 bridgehead atoms. The van der Waals surface area contributed by atoms with Crippen LogP contribution in [0.2, 0.25) is 0 Å². The molecule has 6 heteroatoms. The SMILES string of the molecule is Cc1occc1C(=O)NNC(=O)COc1ccc(C(C)C)cc1. The summed E-state index contributed by atoms with van der Waals surface area (Å²) in [6, 6.07) is 9.08. The van der Waals surface area contributed by atoms with E-state index in [2.05, 4.69) is 24.7 Å². The van der Waals surface area contributed by atoms with Crippen LogP contribution in [0.3, 0.4) is 0 Å². The summed E-state index contributed by atoms with van der Waals surface area (Å²) in [4.78, 5) is 23.5. The van der Waals surface area contributed by atoms with Gasteiger partial charge in [0.05, 0.1) is 11.8 Å². The second-order valence-corrected chi connectivity index (χ2v) is 5.41. The molecular weight excluding hydrogens is 296 g/mol. The largest absolute Gasteiger partial charge is 0.484 e. The third-order valence-corrected chi connectivity index (χ3v) is 3.34. The van der Waals surface area contributed by atoms with Gasteiger partial charge in [0.2, 0.25) is 0 Å². The van der Waals surface area contributed by atoms with E-state index in [1.807, 2.05) is 24.3 Å². The average Bonchev–Trinajstić information content (AvgIpc) is 2.97. The highest BCUT2D eigenvalue weighted by atomic mass is 16.5. The van der Waals surface area contributed by atoms with E-state index >= 15 is 0 Å². The first-order valence-electron chi connectivity index (χ1n) is 7.33. The molecule has 0 unspecified atom stereocenters. The number of rotatable bonds is 5. The van der Waals surface area contributed by atoms with Crippen molar-refractivity contribution in [2.45, 2.75) is 26.7 Å². The van der Waals surface area contributed by atoms with Crippen molar-refractivity contribution in [2.75, 3.05) is 6.61 Å². The van der Waals surface area contributed by atoms with Gasteiger partial charge < -0.3 is 9.15 Å². The van der Waals surface area contributed by atoms with Crippen LogP contribution in [0.1, 0.15) is 41.4 Å². The molecule has 0 fully saturated rings. The van der Waals surface area contributed by atoms with Crippen LogP contribution in [0.4, 0.5) is 0 Å². The predicted octanol–water partition coefficient (Wildman–Crippen LogP) is 2.55. The number of aryl methyl sites for hydroxylation is 1. The standard InChI is InChI=1S/C17H20N2O4/c1-11(2)13-4-6-14(7-5-13)23-10-16(20)18-19-17(21)15-8-9-22-12(15)3/h4-9,11H,10H2,1-3H3,(H,18,20)(H,19,21). The van der Waals surface area contributed by atoms with Crippen molar-refractivity contribution >= 4 is 11.8 Å². The van der Waals surface area contributed by atoms with Crippen LogP contribution in [0.5, 0.6) is 5.75 Å². The fraction of sp³-hybridized carbons (Fsp3) is 0.294. The summed E-state index contributed by atoms with van der Waals surface area (Å²) in [5.74, 6) is 0.632. The zero-order valence-corrected chi connectivity index (χ0v) is 13.4. The molecule has 2 rings (SSSR count). The van der Waals surface area contributed by atoms with E-state index in [4.69, 9.17) is 9.15 Å². The Morgan fingerprint density at radius 3 is 2.39 bits per heavy atom. The van der Waals surface area contributed by atoms with E-state index in [0.29, 0.717) is 23.0 Å². The Bertz CT molecular complexity index is 674. The van der Waals surface area contributed by atoms with Crippen molar-refractivity contribution in [3.63, 3.8) is 0 Å². The maximum atomic E-state index is 11.8. The molecule has 2 amide bonds. The molecule has 1 heterocycles. The first kappa shape index (κ1) is 16.6. The maximum absolute atomic E-state index is 11.8. The first-order valence-corrected chi connectivity index (χ1v) is 7.33. The zero-order valence-electron chi connectivity index (χ0n) is 13.4. The highest BCUT2D eigenvalue weighted by molar-refractivity contribution is 5.96.